The van der Waals surface area contributed by atoms with Gasteiger partial charge in [0, 0.05) is 0 Å². The van der Waals surface area contributed by atoms with E-state index in [-0.39, 0.29) is 6.42 Å². The standard InChI is InChI=1S/C18H36N6O6/c1-11(25)15(18(30)22-10-14(26)27)24-17(29)13(7-3-5-9-20)23-16(28)12(21)6-2-4-8-19/h11-13,15,25H,2-10,19-21H2,1H3,(H,22,30)(H,23,28)(H,24,29)(H,26,27). The number of unbranched alkanes of at least 4 members (excludes halogenated alkanes) is 2. The van der Waals surface area contributed by atoms with Crippen LogP contribution in [0.5, 0.6) is 0 Å². The Morgan fingerprint density at radius 2 is 1.43 bits per heavy atom. The molecule has 30 heavy (non-hydrogen) atoms. The van der Waals surface area contributed by atoms with E-state index in [0.29, 0.717) is 38.8 Å². The molecule has 4 atom stereocenters. The lowest BCUT2D eigenvalue weighted by molar-refractivity contribution is -0.139. The topological polar surface area (TPSA) is 223 Å². The van der Waals surface area contributed by atoms with Gasteiger partial charge >= 0.3 is 5.97 Å². The van der Waals surface area contributed by atoms with Crippen molar-refractivity contribution in [2.75, 3.05) is 19.6 Å². The summed E-state index contributed by atoms with van der Waals surface area (Å²) in [5.74, 6) is -3.32. The molecule has 0 heterocycles. The Morgan fingerprint density at radius 1 is 0.867 bits per heavy atom. The predicted octanol–water partition coefficient (Wildman–Crippen LogP) is -2.88. The van der Waals surface area contributed by atoms with Gasteiger partial charge in [-0.05, 0) is 52.1 Å². The highest BCUT2D eigenvalue weighted by molar-refractivity contribution is 5.93. The highest BCUT2D eigenvalue weighted by atomic mass is 16.4. The Kier molecular flexibility index (Phi) is 14.4. The van der Waals surface area contributed by atoms with E-state index in [4.69, 9.17) is 22.3 Å². The molecule has 174 valence electrons. The first kappa shape index (κ1) is 27.7. The van der Waals surface area contributed by atoms with Gasteiger partial charge in [-0.25, -0.2) is 0 Å². The van der Waals surface area contributed by atoms with Crippen molar-refractivity contribution in [2.24, 2.45) is 17.2 Å². The second-order valence-electron chi connectivity index (χ2n) is 7.07. The second-order valence-corrected chi connectivity index (χ2v) is 7.07. The number of hydrogen-bond donors (Lipinski definition) is 8. The van der Waals surface area contributed by atoms with E-state index in [2.05, 4.69) is 16.0 Å². The van der Waals surface area contributed by atoms with E-state index in [9.17, 15) is 24.3 Å². The van der Waals surface area contributed by atoms with Crippen LogP contribution in [-0.4, -0.2) is 77.8 Å². The number of aliphatic carboxylic acids is 1. The summed E-state index contributed by atoms with van der Waals surface area (Å²) in [6.07, 6.45) is 1.94. The maximum atomic E-state index is 12.7. The highest BCUT2D eigenvalue weighted by Gasteiger charge is 2.30. The molecule has 0 rings (SSSR count). The maximum Gasteiger partial charge on any atom is 0.322 e. The molecule has 0 spiro atoms. The van der Waals surface area contributed by atoms with Crippen LogP contribution in [0.15, 0.2) is 0 Å². The van der Waals surface area contributed by atoms with Crippen LogP contribution in [0.2, 0.25) is 0 Å². The summed E-state index contributed by atoms with van der Waals surface area (Å²) >= 11 is 0. The number of nitrogens with two attached hydrogens (primary N) is 3. The van der Waals surface area contributed by atoms with Crippen molar-refractivity contribution in [1.29, 1.82) is 0 Å². The molecule has 3 amide bonds. The summed E-state index contributed by atoms with van der Waals surface area (Å²) in [5.41, 5.74) is 16.8. The Balaban J connectivity index is 5.09. The minimum atomic E-state index is -1.39. The number of nitrogens with one attached hydrogen (secondary N) is 3. The molecule has 11 N–H and O–H groups in total. The lowest BCUT2D eigenvalue weighted by Gasteiger charge is -2.25. The molecule has 12 heteroatoms. The largest absolute Gasteiger partial charge is 0.480 e. The molecule has 0 radical (unpaired) electrons. The van der Waals surface area contributed by atoms with Crippen molar-refractivity contribution < 1.29 is 29.4 Å². The van der Waals surface area contributed by atoms with Crippen molar-refractivity contribution in [3.8, 4) is 0 Å². The molecule has 0 aliphatic heterocycles. The van der Waals surface area contributed by atoms with Crippen molar-refractivity contribution in [3.63, 3.8) is 0 Å². The van der Waals surface area contributed by atoms with Gasteiger partial charge in [0.1, 0.15) is 18.6 Å². The van der Waals surface area contributed by atoms with Crippen molar-refractivity contribution in [3.05, 3.63) is 0 Å². The third-order valence-electron chi connectivity index (χ3n) is 4.36. The molecule has 12 nitrogen and oxygen atoms in total. The number of aliphatic hydroxyl groups excluding tert-OH is 1. The van der Waals surface area contributed by atoms with E-state index in [1.165, 1.54) is 6.92 Å². The average Bonchev–Trinajstić information content (AvgIpc) is 2.68. The smallest absolute Gasteiger partial charge is 0.322 e. The number of amides is 3. The Hall–Kier alpha value is -2.28. The van der Waals surface area contributed by atoms with Crippen LogP contribution in [0.25, 0.3) is 0 Å². The van der Waals surface area contributed by atoms with Gasteiger partial charge in [0.2, 0.25) is 17.7 Å². The molecule has 0 aromatic rings. The number of rotatable bonds is 16. The summed E-state index contributed by atoms with van der Waals surface area (Å²) in [7, 11) is 0. The molecule has 0 aromatic heterocycles. The molecule has 0 aromatic carbocycles. The minimum Gasteiger partial charge on any atom is -0.480 e. The van der Waals surface area contributed by atoms with Crippen LogP contribution < -0.4 is 33.2 Å². The fourth-order valence-electron chi connectivity index (χ4n) is 2.61. The molecular formula is C18H36N6O6. The summed E-state index contributed by atoms with van der Waals surface area (Å²) in [4.78, 5) is 47.8. The molecule has 0 aliphatic rings. The van der Waals surface area contributed by atoms with E-state index < -0.39 is 54.5 Å². The molecule has 0 bridgehead atoms. The number of carboxylic acids is 1. The average molecular weight is 433 g/mol. The molecule has 4 unspecified atom stereocenters. The number of carbonyl (C=O) groups excluding carboxylic acids is 3. The van der Waals surface area contributed by atoms with Gasteiger partial charge in [0.15, 0.2) is 0 Å². The van der Waals surface area contributed by atoms with Gasteiger partial charge in [-0.1, -0.05) is 6.42 Å². The molecule has 0 fully saturated rings. The third-order valence-corrected chi connectivity index (χ3v) is 4.36. The first-order chi connectivity index (χ1) is 14.1. The summed E-state index contributed by atoms with van der Waals surface area (Å²) < 4.78 is 0. The summed E-state index contributed by atoms with van der Waals surface area (Å²) in [6.45, 7) is 1.52. The fourth-order valence-corrected chi connectivity index (χ4v) is 2.61. The van der Waals surface area contributed by atoms with E-state index in [1.54, 1.807) is 0 Å². The van der Waals surface area contributed by atoms with Crippen molar-refractivity contribution >= 4 is 23.7 Å². The van der Waals surface area contributed by atoms with E-state index in [0.717, 1.165) is 6.42 Å². The van der Waals surface area contributed by atoms with Crippen LogP contribution in [0.3, 0.4) is 0 Å². The lowest BCUT2D eigenvalue weighted by atomic mass is 10.0. The summed E-state index contributed by atoms with van der Waals surface area (Å²) in [5, 5.41) is 25.5. The molecule has 0 saturated heterocycles. The minimum absolute atomic E-state index is 0.258. The quantitative estimate of drug-likeness (QED) is 0.117. The third kappa shape index (κ3) is 11.7. The zero-order valence-corrected chi connectivity index (χ0v) is 17.4. The van der Waals surface area contributed by atoms with E-state index in [1.807, 2.05) is 0 Å². The lowest BCUT2D eigenvalue weighted by Crippen LogP contribution is -2.58. The number of hydrogen-bond acceptors (Lipinski definition) is 8. The van der Waals surface area contributed by atoms with Gasteiger partial charge in [-0.15, -0.1) is 0 Å². The number of carboxylic acid groups (broad SMARTS) is 1. The van der Waals surface area contributed by atoms with Crippen LogP contribution in [-0.2, 0) is 19.2 Å². The first-order valence-electron chi connectivity index (χ1n) is 10.1. The monoisotopic (exact) mass is 432 g/mol. The van der Waals surface area contributed by atoms with Crippen molar-refractivity contribution in [1.82, 2.24) is 16.0 Å². The normalized spacial score (nSPS) is 14.8. The van der Waals surface area contributed by atoms with Crippen LogP contribution in [0, 0.1) is 0 Å². The predicted molar refractivity (Wildman–Crippen MR) is 110 cm³/mol. The number of carbonyl (C=O) groups is 4. The van der Waals surface area contributed by atoms with Gasteiger partial charge in [-0.2, -0.15) is 0 Å². The molecule has 0 saturated carbocycles. The Morgan fingerprint density at radius 3 is 1.93 bits per heavy atom. The Labute approximate surface area is 176 Å². The Bertz CT molecular complexity index is 559. The zero-order chi connectivity index (χ0) is 23.1. The van der Waals surface area contributed by atoms with Crippen molar-refractivity contribution in [2.45, 2.75) is 69.7 Å². The van der Waals surface area contributed by atoms with Gasteiger partial charge in [0.25, 0.3) is 0 Å². The summed E-state index contributed by atoms with van der Waals surface area (Å²) in [6, 6.07) is -3.19. The molecular weight excluding hydrogens is 396 g/mol. The molecule has 0 aliphatic carbocycles. The van der Waals surface area contributed by atoms with Crippen LogP contribution >= 0.6 is 0 Å². The highest BCUT2D eigenvalue weighted by Crippen LogP contribution is 2.05. The fraction of sp³-hybridized carbons (Fsp3) is 0.778. The second kappa shape index (κ2) is 15.5. The van der Waals surface area contributed by atoms with Gasteiger partial charge in [0.05, 0.1) is 12.1 Å². The van der Waals surface area contributed by atoms with Crippen LogP contribution in [0.4, 0.5) is 0 Å². The van der Waals surface area contributed by atoms with Gasteiger partial charge < -0.3 is 43.4 Å². The van der Waals surface area contributed by atoms with Crippen LogP contribution in [0.1, 0.15) is 45.4 Å². The number of aliphatic hydroxyl groups is 1. The van der Waals surface area contributed by atoms with Gasteiger partial charge in [-0.3, -0.25) is 19.2 Å². The first-order valence-corrected chi connectivity index (χ1v) is 10.1. The van der Waals surface area contributed by atoms with E-state index >= 15 is 0 Å². The SMILES string of the molecule is CC(O)C(NC(=O)C(CCCCN)NC(=O)C(N)CCCCN)C(=O)NCC(=O)O. The maximum absolute atomic E-state index is 12.7. The zero-order valence-electron chi connectivity index (χ0n) is 17.4.